The van der Waals surface area contributed by atoms with Gasteiger partial charge in [-0.25, -0.2) is 0 Å². The average molecular weight is 391 g/mol. The second-order valence-electron chi connectivity index (χ2n) is 11.1. The lowest BCUT2D eigenvalue weighted by Gasteiger charge is -2.58. The fourth-order valence-corrected chi connectivity index (χ4v) is 8.12. The van der Waals surface area contributed by atoms with Crippen LogP contribution < -0.4 is 0 Å². The lowest BCUT2D eigenvalue weighted by atomic mass is 9.47. The van der Waals surface area contributed by atoms with Crippen LogP contribution in [0.3, 0.4) is 0 Å². The van der Waals surface area contributed by atoms with Gasteiger partial charge >= 0.3 is 0 Å². The van der Waals surface area contributed by atoms with E-state index in [1.165, 1.54) is 44.9 Å². The summed E-state index contributed by atoms with van der Waals surface area (Å²) in [6, 6.07) is 0. The number of allylic oxidation sites excluding steroid dienone is 1. The number of rotatable bonds is 6. The van der Waals surface area contributed by atoms with Gasteiger partial charge in [0.25, 0.3) is 0 Å². The highest BCUT2D eigenvalue weighted by Gasteiger charge is 2.58. The van der Waals surface area contributed by atoms with Gasteiger partial charge in [0.15, 0.2) is 0 Å². The molecular formula is C25H42O3. The number of fused-ring (bicyclic) bond motifs is 5. The van der Waals surface area contributed by atoms with Crippen molar-refractivity contribution in [1.29, 1.82) is 0 Å². The first-order chi connectivity index (χ1) is 13.4. The van der Waals surface area contributed by atoms with Gasteiger partial charge in [0.05, 0.1) is 12.2 Å². The summed E-state index contributed by atoms with van der Waals surface area (Å²) in [4.78, 5) is 0. The third kappa shape index (κ3) is 3.50. The first kappa shape index (κ1) is 20.9. The average Bonchev–Trinajstić information content (AvgIpc) is 2.99. The van der Waals surface area contributed by atoms with Crippen LogP contribution in [-0.2, 0) is 0 Å². The Morgan fingerprint density at radius 1 is 1.07 bits per heavy atom. The Kier molecular flexibility index (Phi) is 5.99. The highest BCUT2D eigenvalue weighted by Crippen LogP contribution is 2.66. The Morgan fingerprint density at radius 3 is 2.68 bits per heavy atom. The predicted molar refractivity (Wildman–Crippen MR) is 113 cm³/mol. The molecule has 0 aromatic heterocycles. The van der Waals surface area contributed by atoms with Crippen molar-refractivity contribution in [2.75, 3.05) is 6.61 Å². The molecule has 6 unspecified atom stereocenters. The summed E-state index contributed by atoms with van der Waals surface area (Å²) in [6.45, 7) is 5.19. The topological polar surface area (TPSA) is 60.7 Å². The minimum Gasteiger partial charge on any atom is -0.396 e. The van der Waals surface area contributed by atoms with E-state index < -0.39 is 0 Å². The molecule has 4 aliphatic rings. The highest BCUT2D eigenvalue weighted by atomic mass is 16.3. The van der Waals surface area contributed by atoms with Crippen molar-refractivity contribution in [3.05, 3.63) is 11.6 Å². The van der Waals surface area contributed by atoms with Gasteiger partial charge in [-0.3, -0.25) is 0 Å². The van der Waals surface area contributed by atoms with E-state index in [0.717, 1.165) is 49.4 Å². The molecule has 3 N–H and O–H groups in total. The van der Waals surface area contributed by atoms with E-state index in [1.54, 1.807) is 5.57 Å². The SMILES string of the molecule is CC12CCC(O)CC1=CC[C@@H]1C2CCC2(C)C1CC[C@@H]2CCCC(O)CCO. The van der Waals surface area contributed by atoms with Crippen molar-refractivity contribution in [3.8, 4) is 0 Å². The quantitative estimate of drug-likeness (QED) is 0.569. The summed E-state index contributed by atoms with van der Waals surface area (Å²) in [5.41, 5.74) is 2.40. The van der Waals surface area contributed by atoms with Gasteiger partial charge in [0.1, 0.15) is 0 Å². The first-order valence-electron chi connectivity index (χ1n) is 12.0. The standard InChI is InChI=1S/C25H42O3/c1-24-14-11-23-21(8-6-18-16-20(28)10-13-25(18,23)2)22(24)9-7-17(24)4-3-5-19(27)12-15-26/h6,17,19-23,26-28H,3-5,7-16H2,1-2H3/t17-,19?,20?,21-,22?,23?,24?,25?/m0/s1. The van der Waals surface area contributed by atoms with Crippen molar-refractivity contribution in [2.24, 2.45) is 34.5 Å². The molecule has 4 rings (SSSR count). The van der Waals surface area contributed by atoms with Crippen molar-refractivity contribution in [1.82, 2.24) is 0 Å². The number of hydrogen-bond acceptors (Lipinski definition) is 3. The molecule has 0 amide bonds. The molecule has 4 aliphatic carbocycles. The van der Waals surface area contributed by atoms with Crippen molar-refractivity contribution in [3.63, 3.8) is 0 Å². The van der Waals surface area contributed by atoms with Crippen LogP contribution in [0, 0.1) is 34.5 Å². The van der Waals surface area contributed by atoms with Crippen LogP contribution in [-0.4, -0.2) is 34.1 Å². The minimum atomic E-state index is -0.325. The van der Waals surface area contributed by atoms with Gasteiger partial charge in [-0.05, 0) is 105 Å². The van der Waals surface area contributed by atoms with Gasteiger partial charge in [-0.15, -0.1) is 0 Å². The Balaban J connectivity index is 1.43. The zero-order chi connectivity index (χ0) is 19.9. The van der Waals surface area contributed by atoms with E-state index in [-0.39, 0.29) is 18.8 Å². The molecule has 3 heteroatoms. The summed E-state index contributed by atoms with van der Waals surface area (Å²) in [5, 5.41) is 29.1. The molecular weight excluding hydrogens is 348 g/mol. The smallest absolute Gasteiger partial charge is 0.0577 e. The lowest BCUT2D eigenvalue weighted by molar-refractivity contribution is -0.0511. The zero-order valence-electron chi connectivity index (χ0n) is 18.1. The highest BCUT2D eigenvalue weighted by molar-refractivity contribution is 5.25. The molecule has 0 aromatic carbocycles. The van der Waals surface area contributed by atoms with Crippen molar-refractivity contribution >= 4 is 0 Å². The van der Waals surface area contributed by atoms with Crippen LogP contribution in [0.25, 0.3) is 0 Å². The largest absolute Gasteiger partial charge is 0.396 e. The Bertz CT molecular complexity index is 586. The fraction of sp³-hybridized carbons (Fsp3) is 0.920. The molecule has 3 saturated carbocycles. The third-order valence-corrected chi connectivity index (χ3v) is 9.83. The second kappa shape index (κ2) is 8.04. The maximum Gasteiger partial charge on any atom is 0.0577 e. The molecule has 0 spiro atoms. The van der Waals surface area contributed by atoms with E-state index in [1.807, 2.05) is 0 Å². The summed E-state index contributed by atoms with van der Waals surface area (Å²) in [7, 11) is 0. The fourth-order valence-electron chi connectivity index (χ4n) is 8.12. The van der Waals surface area contributed by atoms with Crippen LogP contribution >= 0.6 is 0 Å². The molecule has 3 nitrogen and oxygen atoms in total. The molecule has 0 radical (unpaired) electrons. The maximum atomic E-state index is 10.2. The molecule has 160 valence electrons. The molecule has 8 atom stereocenters. The van der Waals surface area contributed by atoms with Crippen LogP contribution in [0.15, 0.2) is 11.6 Å². The zero-order valence-corrected chi connectivity index (χ0v) is 18.1. The van der Waals surface area contributed by atoms with Crippen LogP contribution in [0.1, 0.15) is 90.9 Å². The Morgan fingerprint density at radius 2 is 1.89 bits per heavy atom. The minimum absolute atomic E-state index is 0.0960. The second-order valence-corrected chi connectivity index (χ2v) is 11.1. The van der Waals surface area contributed by atoms with E-state index in [2.05, 4.69) is 19.9 Å². The number of aliphatic hydroxyl groups is 3. The molecule has 0 aliphatic heterocycles. The van der Waals surface area contributed by atoms with E-state index in [9.17, 15) is 10.2 Å². The lowest BCUT2D eigenvalue weighted by Crippen LogP contribution is -2.50. The molecule has 0 heterocycles. The van der Waals surface area contributed by atoms with Crippen molar-refractivity contribution < 1.29 is 15.3 Å². The van der Waals surface area contributed by atoms with Gasteiger partial charge in [0.2, 0.25) is 0 Å². The molecule has 0 bridgehead atoms. The summed E-state index contributed by atoms with van der Waals surface area (Å²) in [6.07, 6.45) is 15.6. The van der Waals surface area contributed by atoms with Crippen molar-refractivity contribution in [2.45, 2.75) is 103 Å². The summed E-state index contributed by atoms with van der Waals surface area (Å²) in [5.74, 6) is 3.34. The third-order valence-electron chi connectivity index (χ3n) is 9.83. The van der Waals surface area contributed by atoms with Crippen LogP contribution in [0.5, 0.6) is 0 Å². The van der Waals surface area contributed by atoms with E-state index in [4.69, 9.17) is 5.11 Å². The van der Waals surface area contributed by atoms with Gasteiger partial charge in [0, 0.05) is 6.61 Å². The first-order valence-corrected chi connectivity index (χ1v) is 12.0. The maximum absolute atomic E-state index is 10.2. The van der Waals surface area contributed by atoms with Gasteiger partial charge < -0.3 is 15.3 Å². The van der Waals surface area contributed by atoms with E-state index in [0.29, 0.717) is 17.3 Å². The predicted octanol–water partition coefficient (Wildman–Crippen LogP) is 4.84. The Hall–Kier alpha value is -0.380. The molecule has 0 saturated heterocycles. The molecule has 0 aromatic rings. The number of aliphatic hydroxyl groups excluding tert-OH is 3. The molecule has 3 fully saturated rings. The van der Waals surface area contributed by atoms with Gasteiger partial charge in [-0.1, -0.05) is 31.9 Å². The number of hydrogen-bond donors (Lipinski definition) is 3. The Labute approximate surface area is 171 Å². The molecule has 28 heavy (non-hydrogen) atoms. The van der Waals surface area contributed by atoms with Crippen LogP contribution in [0.4, 0.5) is 0 Å². The monoisotopic (exact) mass is 390 g/mol. The van der Waals surface area contributed by atoms with E-state index >= 15 is 0 Å². The summed E-state index contributed by atoms with van der Waals surface area (Å²) < 4.78 is 0. The van der Waals surface area contributed by atoms with Gasteiger partial charge in [-0.2, -0.15) is 0 Å². The summed E-state index contributed by atoms with van der Waals surface area (Å²) >= 11 is 0. The normalized spacial score (nSPS) is 46.3. The van der Waals surface area contributed by atoms with Crippen LogP contribution in [0.2, 0.25) is 0 Å².